The van der Waals surface area contributed by atoms with E-state index in [9.17, 15) is 9.59 Å². The second-order valence-electron chi connectivity index (χ2n) is 6.20. The smallest absolute Gasteiger partial charge is 0.410 e. The van der Waals surface area contributed by atoms with E-state index in [-0.39, 0.29) is 23.8 Å². The van der Waals surface area contributed by atoms with Gasteiger partial charge < -0.3 is 14.7 Å². The summed E-state index contributed by atoms with van der Waals surface area (Å²) in [4.78, 5) is 23.9. The summed E-state index contributed by atoms with van der Waals surface area (Å²) >= 11 is 0. The Hall–Kier alpha value is -1.26. The number of hydrogen-bond acceptors (Lipinski definition) is 3. The van der Waals surface area contributed by atoms with E-state index in [1.807, 2.05) is 20.8 Å². The molecule has 5 heteroatoms. The molecular formula is C12H19NO4. The number of carbonyl (C=O) groups excluding carboxylic acids is 1. The molecule has 1 saturated carbocycles. The van der Waals surface area contributed by atoms with Crippen molar-refractivity contribution in [2.45, 2.75) is 39.2 Å². The maximum Gasteiger partial charge on any atom is 0.410 e. The highest BCUT2D eigenvalue weighted by molar-refractivity contribution is 5.71. The third-order valence-electron chi connectivity index (χ3n) is 3.44. The van der Waals surface area contributed by atoms with Crippen molar-refractivity contribution in [2.24, 2.45) is 11.3 Å². The zero-order chi connectivity index (χ0) is 12.8. The third-order valence-corrected chi connectivity index (χ3v) is 3.44. The molecule has 1 amide bonds. The minimum Gasteiger partial charge on any atom is -0.481 e. The zero-order valence-electron chi connectivity index (χ0n) is 10.5. The maximum absolute atomic E-state index is 11.7. The summed E-state index contributed by atoms with van der Waals surface area (Å²) in [5.74, 6) is -0.499. The van der Waals surface area contributed by atoms with Crippen molar-refractivity contribution in [3.05, 3.63) is 0 Å². The van der Waals surface area contributed by atoms with Gasteiger partial charge in [-0.05, 0) is 33.1 Å². The predicted octanol–water partition coefficient (Wildman–Crippen LogP) is 1.72. The largest absolute Gasteiger partial charge is 0.481 e. The molecule has 1 N–H and O–H groups in total. The van der Waals surface area contributed by atoms with Crippen LogP contribution < -0.4 is 0 Å². The number of rotatable bonds is 2. The SMILES string of the molecule is CC(C)(C)OC(=O)N1CC2(CC2CC(=O)O)C1. The molecule has 1 saturated heterocycles. The van der Waals surface area contributed by atoms with Gasteiger partial charge >= 0.3 is 12.1 Å². The van der Waals surface area contributed by atoms with Crippen LogP contribution in [0.25, 0.3) is 0 Å². The zero-order valence-corrected chi connectivity index (χ0v) is 10.5. The van der Waals surface area contributed by atoms with Crippen LogP contribution in [0.1, 0.15) is 33.6 Å². The van der Waals surface area contributed by atoms with Gasteiger partial charge in [0.1, 0.15) is 5.60 Å². The van der Waals surface area contributed by atoms with E-state index < -0.39 is 11.6 Å². The molecule has 5 nitrogen and oxygen atoms in total. The Labute approximate surface area is 101 Å². The average molecular weight is 241 g/mol. The highest BCUT2D eigenvalue weighted by Crippen LogP contribution is 2.60. The molecule has 2 fully saturated rings. The number of carboxylic acids is 1. The Morgan fingerprint density at radius 2 is 2.00 bits per heavy atom. The first-order valence-corrected chi connectivity index (χ1v) is 5.92. The van der Waals surface area contributed by atoms with Crippen molar-refractivity contribution in [2.75, 3.05) is 13.1 Å². The molecule has 2 rings (SSSR count). The number of carboxylic acid groups (broad SMARTS) is 1. The van der Waals surface area contributed by atoms with Gasteiger partial charge in [-0.1, -0.05) is 0 Å². The van der Waals surface area contributed by atoms with Gasteiger partial charge in [-0.15, -0.1) is 0 Å². The number of nitrogens with zero attached hydrogens (tertiary/aromatic N) is 1. The van der Waals surface area contributed by atoms with Crippen LogP contribution in [-0.2, 0) is 9.53 Å². The fourth-order valence-electron chi connectivity index (χ4n) is 2.49. The van der Waals surface area contributed by atoms with Crippen LogP contribution in [-0.4, -0.2) is 40.8 Å². The summed E-state index contributed by atoms with van der Waals surface area (Å²) in [6, 6.07) is 0. The van der Waals surface area contributed by atoms with Crippen molar-refractivity contribution in [3.63, 3.8) is 0 Å². The first-order chi connectivity index (χ1) is 7.72. The lowest BCUT2D eigenvalue weighted by Gasteiger charge is -2.41. The number of aliphatic carboxylic acids is 1. The van der Waals surface area contributed by atoms with Crippen LogP contribution in [0.3, 0.4) is 0 Å². The highest BCUT2D eigenvalue weighted by atomic mass is 16.6. The van der Waals surface area contributed by atoms with Crippen LogP contribution in [0.4, 0.5) is 4.79 Å². The molecule has 17 heavy (non-hydrogen) atoms. The lowest BCUT2D eigenvalue weighted by atomic mass is 9.93. The van der Waals surface area contributed by atoms with E-state index in [0.29, 0.717) is 13.1 Å². The summed E-state index contributed by atoms with van der Waals surface area (Å²) in [7, 11) is 0. The second kappa shape index (κ2) is 3.62. The van der Waals surface area contributed by atoms with E-state index in [2.05, 4.69) is 0 Å². The fraction of sp³-hybridized carbons (Fsp3) is 0.833. The summed E-state index contributed by atoms with van der Waals surface area (Å²) in [6.45, 7) is 6.82. The van der Waals surface area contributed by atoms with Gasteiger partial charge in [0.15, 0.2) is 0 Å². The van der Waals surface area contributed by atoms with Gasteiger partial charge in [0.05, 0.1) is 0 Å². The van der Waals surface area contributed by atoms with Gasteiger partial charge in [0, 0.05) is 24.9 Å². The number of carbonyl (C=O) groups is 2. The quantitative estimate of drug-likeness (QED) is 0.799. The summed E-state index contributed by atoms with van der Waals surface area (Å²) < 4.78 is 5.25. The van der Waals surface area contributed by atoms with Gasteiger partial charge in [0.25, 0.3) is 0 Å². The van der Waals surface area contributed by atoms with Crippen LogP contribution in [0.15, 0.2) is 0 Å². The molecular weight excluding hydrogens is 222 g/mol. The average Bonchev–Trinajstić information content (AvgIpc) is 2.71. The molecule has 1 aliphatic heterocycles. The Morgan fingerprint density at radius 3 is 2.47 bits per heavy atom. The number of likely N-dealkylation sites (tertiary alicyclic amines) is 1. The molecule has 1 atom stereocenters. The van der Waals surface area contributed by atoms with E-state index in [1.54, 1.807) is 4.90 Å². The molecule has 1 spiro atoms. The van der Waals surface area contributed by atoms with E-state index in [0.717, 1.165) is 6.42 Å². The maximum atomic E-state index is 11.7. The summed E-state index contributed by atoms with van der Waals surface area (Å²) in [6.07, 6.45) is 0.866. The van der Waals surface area contributed by atoms with Crippen LogP contribution >= 0.6 is 0 Å². The van der Waals surface area contributed by atoms with Gasteiger partial charge in [-0.25, -0.2) is 4.79 Å². The van der Waals surface area contributed by atoms with Crippen molar-refractivity contribution >= 4 is 12.1 Å². The molecule has 1 unspecified atom stereocenters. The normalized spacial score (nSPS) is 25.4. The minimum absolute atomic E-state index is 0.0926. The Morgan fingerprint density at radius 1 is 1.41 bits per heavy atom. The molecule has 0 aromatic heterocycles. The lowest BCUT2D eigenvalue weighted by molar-refractivity contribution is -0.137. The molecule has 1 aliphatic carbocycles. The van der Waals surface area contributed by atoms with E-state index in [1.165, 1.54) is 0 Å². The fourth-order valence-corrected chi connectivity index (χ4v) is 2.49. The van der Waals surface area contributed by atoms with Crippen LogP contribution in [0.2, 0.25) is 0 Å². The van der Waals surface area contributed by atoms with Crippen molar-refractivity contribution in [1.82, 2.24) is 4.90 Å². The monoisotopic (exact) mass is 241 g/mol. The van der Waals surface area contributed by atoms with Crippen molar-refractivity contribution in [1.29, 1.82) is 0 Å². The molecule has 0 bridgehead atoms. The molecule has 96 valence electrons. The van der Waals surface area contributed by atoms with Crippen LogP contribution in [0.5, 0.6) is 0 Å². The summed E-state index contributed by atoms with van der Waals surface area (Å²) in [5, 5.41) is 8.70. The predicted molar refractivity (Wildman–Crippen MR) is 60.6 cm³/mol. The number of ether oxygens (including phenoxy) is 1. The van der Waals surface area contributed by atoms with Crippen molar-refractivity contribution in [3.8, 4) is 0 Å². The Balaban J connectivity index is 1.77. The van der Waals surface area contributed by atoms with Crippen molar-refractivity contribution < 1.29 is 19.4 Å². The molecule has 0 radical (unpaired) electrons. The van der Waals surface area contributed by atoms with E-state index in [4.69, 9.17) is 9.84 Å². The van der Waals surface area contributed by atoms with E-state index >= 15 is 0 Å². The Bertz CT molecular complexity index is 352. The number of hydrogen-bond donors (Lipinski definition) is 1. The Kier molecular flexibility index (Phi) is 2.60. The topological polar surface area (TPSA) is 66.8 Å². The molecule has 0 aromatic carbocycles. The molecule has 1 heterocycles. The first kappa shape index (κ1) is 12.2. The van der Waals surface area contributed by atoms with Crippen LogP contribution in [0, 0.1) is 11.3 Å². The standard InChI is InChI=1S/C12H19NO4/c1-11(2,3)17-10(16)13-6-12(7-13)5-8(12)4-9(14)15/h8H,4-7H2,1-3H3,(H,14,15). The van der Waals surface area contributed by atoms with Gasteiger partial charge in [0.2, 0.25) is 0 Å². The second-order valence-corrected chi connectivity index (χ2v) is 6.20. The molecule has 0 aromatic rings. The third kappa shape index (κ3) is 2.53. The minimum atomic E-state index is -0.748. The highest BCUT2D eigenvalue weighted by Gasteiger charge is 2.62. The number of amides is 1. The molecule has 2 aliphatic rings. The first-order valence-electron chi connectivity index (χ1n) is 5.92. The van der Waals surface area contributed by atoms with Gasteiger partial charge in [-0.3, -0.25) is 4.79 Å². The lowest BCUT2D eigenvalue weighted by Crippen LogP contribution is -2.53. The summed E-state index contributed by atoms with van der Waals surface area (Å²) in [5.41, 5.74) is -0.376. The van der Waals surface area contributed by atoms with Gasteiger partial charge in [-0.2, -0.15) is 0 Å².